The molecule has 0 aliphatic rings. The van der Waals surface area contributed by atoms with Gasteiger partial charge in [0.2, 0.25) is 0 Å². The summed E-state index contributed by atoms with van der Waals surface area (Å²) in [6.07, 6.45) is 2.61. The molecule has 1 atom stereocenters. The van der Waals surface area contributed by atoms with Crippen molar-refractivity contribution in [2.24, 2.45) is 0 Å². The smallest absolute Gasteiger partial charge is 0.387 e. The Bertz CT molecular complexity index is 471. The van der Waals surface area contributed by atoms with E-state index in [1.807, 2.05) is 0 Å². The number of aromatic nitrogens is 2. The van der Waals surface area contributed by atoms with E-state index < -0.39 is 12.7 Å². The van der Waals surface area contributed by atoms with Gasteiger partial charge < -0.3 is 9.84 Å². The summed E-state index contributed by atoms with van der Waals surface area (Å²) in [5.74, 6) is 0.0695. The largest absolute Gasteiger partial charge is 0.435 e. The molecule has 2 aromatic rings. The highest BCUT2D eigenvalue weighted by atomic mass is 19.3. The topological polar surface area (TPSA) is 47.3 Å². The predicted molar refractivity (Wildman–Crippen MR) is 60.3 cm³/mol. The molecule has 1 aromatic heterocycles. The molecule has 0 aliphatic carbocycles. The third-order valence-corrected chi connectivity index (χ3v) is 2.41. The van der Waals surface area contributed by atoms with Crippen molar-refractivity contribution in [2.75, 3.05) is 0 Å². The molecule has 18 heavy (non-hydrogen) atoms. The molecule has 0 fully saturated rings. The molecule has 0 saturated heterocycles. The second-order valence-electron chi connectivity index (χ2n) is 3.69. The van der Waals surface area contributed by atoms with E-state index in [1.165, 1.54) is 12.1 Å². The second-order valence-corrected chi connectivity index (χ2v) is 3.69. The van der Waals surface area contributed by atoms with E-state index >= 15 is 0 Å². The summed E-state index contributed by atoms with van der Waals surface area (Å²) >= 11 is 0. The minimum absolute atomic E-state index is 0.0695. The Labute approximate surface area is 102 Å². The molecule has 4 nitrogen and oxygen atoms in total. The van der Waals surface area contributed by atoms with Crippen molar-refractivity contribution < 1.29 is 18.6 Å². The Morgan fingerprint density at radius 2 is 2.00 bits per heavy atom. The van der Waals surface area contributed by atoms with E-state index in [9.17, 15) is 13.9 Å². The molecule has 6 heteroatoms. The van der Waals surface area contributed by atoms with Crippen molar-refractivity contribution in [3.8, 4) is 5.75 Å². The van der Waals surface area contributed by atoms with Crippen LogP contribution in [0.2, 0.25) is 0 Å². The Morgan fingerprint density at radius 3 is 2.56 bits per heavy atom. The SMILES string of the molecule is OC(Cn1cccn1)c1ccc(OC(F)F)cc1. The lowest BCUT2D eigenvalue weighted by molar-refractivity contribution is -0.0498. The highest BCUT2D eigenvalue weighted by Gasteiger charge is 2.10. The molecular formula is C12H12F2N2O2. The summed E-state index contributed by atoms with van der Waals surface area (Å²) in [7, 11) is 0. The van der Waals surface area contributed by atoms with Crippen molar-refractivity contribution in [1.29, 1.82) is 0 Å². The zero-order chi connectivity index (χ0) is 13.0. The van der Waals surface area contributed by atoms with Crippen LogP contribution in [0.15, 0.2) is 42.7 Å². The first kappa shape index (κ1) is 12.5. The number of rotatable bonds is 5. The first-order valence-corrected chi connectivity index (χ1v) is 5.35. The Kier molecular flexibility index (Phi) is 3.88. The fourth-order valence-electron chi connectivity index (χ4n) is 1.56. The minimum atomic E-state index is -2.84. The summed E-state index contributed by atoms with van der Waals surface area (Å²) < 4.78 is 29.7. The van der Waals surface area contributed by atoms with Crippen molar-refractivity contribution in [2.45, 2.75) is 19.3 Å². The number of halogens is 2. The van der Waals surface area contributed by atoms with Gasteiger partial charge in [0, 0.05) is 12.4 Å². The van der Waals surface area contributed by atoms with Gasteiger partial charge in [0.05, 0.1) is 12.6 Å². The molecule has 1 unspecified atom stereocenters. The molecule has 0 bridgehead atoms. The number of nitrogens with zero attached hydrogens (tertiary/aromatic N) is 2. The number of aliphatic hydroxyl groups is 1. The number of aliphatic hydroxyl groups excluding tert-OH is 1. The van der Waals surface area contributed by atoms with Crippen LogP contribution in [0.3, 0.4) is 0 Å². The van der Waals surface area contributed by atoms with Gasteiger partial charge in [-0.2, -0.15) is 13.9 Å². The monoisotopic (exact) mass is 254 g/mol. The van der Waals surface area contributed by atoms with Crippen LogP contribution < -0.4 is 4.74 Å². The van der Waals surface area contributed by atoms with Gasteiger partial charge in [0.1, 0.15) is 5.75 Å². The molecule has 0 saturated carbocycles. The molecule has 2 rings (SSSR count). The Hall–Kier alpha value is -1.95. The highest BCUT2D eigenvalue weighted by Crippen LogP contribution is 2.20. The van der Waals surface area contributed by atoms with E-state index in [1.54, 1.807) is 35.3 Å². The van der Waals surface area contributed by atoms with E-state index in [2.05, 4.69) is 9.84 Å². The number of hydrogen-bond donors (Lipinski definition) is 1. The standard InChI is InChI=1S/C12H12F2N2O2/c13-12(14)18-10-4-2-9(3-5-10)11(17)8-16-7-1-6-15-16/h1-7,11-12,17H,8H2. The molecule has 1 N–H and O–H groups in total. The molecule has 0 spiro atoms. The maximum absolute atomic E-state index is 11.9. The summed E-state index contributed by atoms with van der Waals surface area (Å²) in [6, 6.07) is 7.64. The van der Waals surface area contributed by atoms with E-state index in [0.717, 1.165) is 0 Å². The third kappa shape index (κ3) is 3.27. The van der Waals surface area contributed by atoms with Crippen molar-refractivity contribution in [3.05, 3.63) is 48.3 Å². The normalized spacial score (nSPS) is 12.7. The minimum Gasteiger partial charge on any atom is -0.435 e. The quantitative estimate of drug-likeness (QED) is 0.890. The van der Waals surface area contributed by atoms with Crippen LogP contribution >= 0.6 is 0 Å². The van der Waals surface area contributed by atoms with Crippen molar-refractivity contribution >= 4 is 0 Å². The lowest BCUT2D eigenvalue weighted by atomic mass is 10.1. The van der Waals surface area contributed by atoms with Crippen LogP contribution in [0.4, 0.5) is 8.78 Å². The van der Waals surface area contributed by atoms with Gasteiger partial charge in [0.25, 0.3) is 0 Å². The van der Waals surface area contributed by atoms with Gasteiger partial charge in [-0.25, -0.2) is 0 Å². The average molecular weight is 254 g/mol. The van der Waals surface area contributed by atoms with Gasteiger partial charge in [-0.15, -0.1) is 0 Å². The van der Waals surface area contributed by atoms with Crippen molar-refractivity contribution in [3.63, 3.8) is 0 Å². The third-order valence-electron chi connectivity index (χ3n) is 2.41. The fourth-order valence-corrected chi connectivity index (χ4v) is 1.56. The molecule has 0 amide bonds. The Balaban J connectivity index is 2.00. The lowest BCUT2D eigenvalue weighted by Crippen LogP contribution is -2.09. The van der Waals surface area contributed by atoms with Crippen LogP contribution in [-0.4, -0.2) is 21.5 Å². The lowest BCUT2D eigenvalue weighted by Gasteiger charge is -2.12. The molecule has 1 aromatic carbocycles. The van der Waals surface area contributed by atoms with Crippen LogP contribution in [0.1, 0.15) is 11.7 Å². The average Bonchev–Trinajstić information content (AvgIpc) is 2.82. The van der Waals surface area contributed by atoms with Crippen LogP contribution in [-0.2, 0) is 6.54 Å². The van der Waals surface area contributed by atoms with Gasteiger partial charge >= 0.3 is 6.61 Å². The first-order valence-electron chi connectivity index (χ1n) is 5.35. The molecule has 1 heterocycles. The first-order chi connectivity index (χ1) is 8.65. The fraction of sp³-hybridized carbons (Fsp3) is 0.250. The molecule has 96 valence electrons. The van der Waals surface area contributed by atoms with E-state index in [-0.39, 0.29) is 5.75 Å². The number of benzene rings is 1. The summed E-state index contributed by atoms with van der Waals surface area (Å²) in [6.45, 7) is -2.54. The van der Waals surface area contributed by atoms with Crippen LogP contribution in [0.25, 0.3) is 0 Å². The van der Waals surface area contributed by atoms with Crippen LogP contribution in [0, 0.1) is 0 Å². The second kappa shape index (κ2) is 5.59. The van der Waals surface area contributed by atoms with E-state index in [0.29, 0.717) is 12.1 Å². The maximum atomic E-state index is 11.9. The van der Waals surface area contributed by atoms with Crippen molar-refractivity contribution in [1.82, 2.24) is 9.78 Å². The highest BCUT2D eigenvalue weighted by molar-refractivity contribution is 5.28. The molecular weight excluding hydrogens is 242 g/mol. The zero-order valence-electron chi connectivity index (χ0n) is 9.41. The van der Waals surface area contributed by atoms with Gasteiger partial charge in [-0.1, -0.05) is 12.1 Å². The number of hydrogen-bond acceptors (Lipinski definition) is 3. The molecule has 0 radical (unpaired) electrons. The summed E-state index contributed by atoms with van der Waals surface area (Å²) in [4.78, 5) is 0. The Morgan fingerprint density at radius 1 is 1.28 bits per heavy atom. The van der Waals surface area contributed by atoms with Gasteiger partial charge in [-0.05, 0) is 23.8 Å². The zero-order valence-corrected chi connectivity index (χ0v) is 9.41. The molecule has 0 aliphatic heterocycles. The summed E-state index contributed by atoms with van der Waals surface area (Å²) in [5, 5.41) is 13.9. The van der Waals surface area contributed by atoms with Gasteiger partial charge in [-0.3, -0.25) is 4.68 Å². The number of alkyl halides is 2. The summed E-state index contributed by atoms with van der Waals surface area (Å²) in [5.41, 5.74) is 0.618. The predicted octanol–water partition coefficient (Wildman–Crippen LogP) is 2.22. The number of ether oxygens (including phenoxy) is 1. The van der Waals surface area contributed by atoms with Crippen LogP contribution in [0.5, 0.6) is 5.75 Å². The maximum Gasteiger partial charge on any atom is 0.387 e. The van der Waals surface area contributed by atoms with Gasteiger partial charge in [0.15, 0.2) is 0 Å². The van der Waals surface area contributed by atoms with E-state index in [4.69, 9.17) is 0 Å².